The van der Waals surface area contributed by atoms with Crippen LogP contribution in [0.25, 0.3) is 0 Å². The molecule has 0 aliphatic heterocycles. The quantitative estimate of drug-likeness (QED) is 0.338. The summed E-state index contributed by atoms with van der Waals surface area (Å²) in [5.74, 6) is 0. The van der Waals surface area contributed by atoms with Gasteiger partial charge in [-0.05, 0) is 13.8 Å². The molecule has 1 rings (SSSR count). The van der Waals surface area contributed by atoms with Crippen molar-refractivity contribution in [2.24, 2.45) is 0 Å². The van der Waals surface area contributed by atoms with Gasteiger partial charge in [0.25, 0.3) is 0 Å². The molecule has 0 spiro atoms. The first kappa shape index (κ1) is 12.3. The summed E-state index contributed by atoms with van der Waals surface area (Å²) >= 11 is 0. The Hall–Kier alpha value is 0.557. The van der Waals surface area contributed by atoms with Gasteiger partial charge in [0.1, 0.15) is 0 Å². The molecule has 0 radical (unpaired) electrons. The van der Waals surface area contributed by atoms with Crippen LogP contribution in [0.5, 0.6) is 0 Å². The fraction of sp³-hybridized carbons (Fsp3) is 0.857. The minimum absolute atomic E-state index is 0. The van der Waals surface area contributed by atoms with Gasteiger partial charge in [0.2, 0.25) is 0 Å². The molecule has 1 aliphatic carbocycles. The van der Waals surface area contributed by atoms with Crippen molar-refractivity contribution in [3.63, 3.8) is 0 Å². The summed E-state index contributed by atoms with van der Waals surface area (Å²) in [5, 5.41) is 0. The van der Waals surface area contributed by atoms with Crippen molar-refractivity contribution in [2.75, 3.05) is 13.2 Å². The molecule has 0 aromatic rings. The molecule has 1 saturated carbocycles. The van der Waals surface area contributed by atoms with Crippen LogP contribution in [0.2, 0.25) is 0 Å². The van der Waals surface area contributed by atoms with Crippen molar-refractivity contribution in [2.45, 2.75) is 26.7 Å². The number of rotatable bonds is 2. The van der Waals surface area contributed by atoms with Crippen LogP contribution in [0.1, 0.15) is 26.7 Å². The van der Waals surface area contributed by atoms with Crippen molar-refractivity contribution < 1.29 is 23.6 Å². The average molecular weight is 122 g/mol. The molecule has 1 fully saturated rings. The van der Waals surface area contributed by atoms with Crippen LogP contribution in [0.4, 0.5) is 0 Å². The first-order valence-corrected chi connectivity index (χ1v) is 3.31. The third-order valence-electron chi connectivity index (χ3n) is 0.697. The molecule has 50 valence electrons. The van der Waals surface area contributed by atoms with Crippen LogP contribution in [0, 0.1) is 6.42 Å². The molecule has 2 heteroatoms. The second-order valence-corrected chi connectivity index (χ2v) is 1.65. The summed E-state index contributed by atoms with van der Waals surface area (Å²) < 4.78 is 4.83. The minimum Gasteiger partial charge on any atom is -0.382 e. The minimum atomic E-state index is 0. The van der Waals surface area contributed by atoms with Crippen LogP contribution in [0.3, 0.4) is 0 Å². The van der Waals surface area contributed by atoms with Crippen molar-refractivity contribution in [3.05, 3.63) is 6.42 Å². The standard InChI is InChI=1S/C4H10O.C3H5.Li/c1-3-5-4-2;1-2-3-1;/h3-4H2,1-2H3;1H,2-3H2;/q;-1;+1. The second kappa shape index (κ2) is 11.4. The monoisotopic (exact) mass is 122 g/mol. The van der Waals surface area contributed by atoms with E-state index in [9.17, 15) is 0 Å². The van der Waals surface area contributed by atoms with E-state index >= 15 is 0 Å². The average Bonchev–Trinajstić information content (AvgIpc) is 2.50. The van der Waals surface area contributed by atoms with Crippen molar-refractivity contribution in [3.8, 4) is 0 Å². The van der Waals surface area contributed by atoms with E-state index in [1.807, 2.05) is 13.8 Å². The maximum absolute atomic E-state index is 4.83. The van der Waals surface area contributed by atoms with Gasteiger partial charge in [0.05, 0.1) is 0 Å². The Morgan fingerprint density at radius 3 is 1.56 bits per heavy atom. The molecule has 9 heavy (non-hydrogen) atoms. The van der Waals surface area contributed by atoms with E-state index in [1.54, 1.807) is 0 Å². The largest absolute Gasteiger partial charge is 1.00 e. The molecule has 0 unspecified atom stereocenters. The summed E-state index contributed by atoms with van der Waals surface area (Å²) in [4.78, 5) is 0. The van der Waals surface area contributed by atoms with Crippen LogP contribution in [-0.2, 0) is 4.74 Å². The zero-order valence-corrected chi connectivity index (χ0v) is 6.81. The van der Waals surface area contributed by atoms with Crippen LogP contribution < -0.4 is 18.9 Å². The van der Waals surface area contributed by atoms with Gasteiger partial charge in [-0.15, -0.1) is 0 Å². The number of ether oxygens (including phenoxy) is 1. The first-order valence-electron chi connectivity index (χ1n) is 3.31. The summed E-state index contributed by atoms with van der Waals surface area (Å²) in [6.45, 7) is 5.67. The zero-order valence-electron chi connectivity index (χ0n) is 6.81. The van der Waals surface area contributed by atoms with Crippen LogP contribution in [0.15, 0.2) is 0 Å². The maximum Gasteiger partial charge on any atom is 1.00 e. The van der Waals surface area contributed by atoms with Gasteiger partial charge in [0, 0.05) is 13.2 Å². The second-order valence-electron chi connectivity index (χ2n) is 1.65. The van der Waals surface area contributed by atoms with Gasteiger partial charge >= 0.3 is 18.9 Å². The zero-order chi connectivity index (χ0) is 6.24. The fourth-order valence-corrected chi connectivity index (χ4v) is 0.204. The molecule has 0 atom stereocenters. The first-order chi connectivity index (χ1) is 3.91. The molecule has 0 saturated heterocycles. The smallest absolute Gasteiger partial charge is 0.382 e. The summed E-state index contributed by atoms with van der Waals surface area (Å²) in [6.07, 6.45) is 5.00. The Bertz CT molecular complexity index is 33.1. The summed E-state index contributed by atoms with van der Waals surface area (Å²) in [7, 11) is 0. The van der Waals surface area contributed by atoms with E-state index in [2.05, 4.69) is 6.42 Å². The van der Waals surface area contributed by atoms with Gasteiger partial charge in [-0.3, -0.25) is 0 Å². The molecule has 0 aromatic heterocycles. The predicted molar refractivity (Wildman–Crippen MR) is 35.7 cm³/mol. The molecule has 0 heterocycles. The number of hydrogen-bond donors (Lipinski definition) is 0. The van der Waals surface area contributed by atoms with Crippen LogP contribution >= 0.6 is 0 Å². The molecular formula is C7H15LiO. The molecule has 1 aliphatic rings. The van der Waals surface area contributed by atoms with E-state index in [-0.39, 0.29) is 18.9 Å². The van der Waals surface area contributed by atoms with E-state index < -0.39 is 0 Å². The molecule has 1 nitrogen and oxygen atoms in total. The number of hydrogen-bond acceptors (Lipinski definition) is 1. The van der Waals surface area contributed by atoms with Crippen molar-refractivity contribution in [1.82, 2.24) is 0 Å². The third-order valence-corrected chi connectivity index (χ3v) is 0.697. The molecule has 0 N–H and O–H groups in total. The van der Waals surface area contributed by atoms with E-state index in [4.69, 9.17) is 4.74 Å². The maximum atomic E-state index is 4.83. The molecule has 0 aromatic carbocycles. The Labute approximate surface area is 70.3 Å². The molecule has 0 bridgehead atoms. The van der Waals surface area contributed by atoms with Crippen LogP contribution in [-0.4, -0.2) is 13.2 Å². The molecular weight excluding hydrogens is 107 g/mol. The summed E-state index contributed by atoms with van der Waals surface area (Å²) in [6, 6.07) is 0. The third kappa shape index (κ3) is 29.1. The Morgan fingerprint density at radius 1 is 1.22 bits per heavy atom. The Morgan fingerprint density at radius 2 is 1.56 bits per heavy atom. The SMILES string of the molecule is CCOCC.[CH-]1CC1.[Li+]. The normalized spacial score (nSPS) is 12.7. The Balaban J connectivity index is 0. The summed E-state index contributed by atoms with van der Waals surface area (Å²) in [5.41, 5.74) is 0. The van der Waals surface area contributed by atoms with Gasteiger partial charge in [0.15, 0.2) is 0 Å². The van der Waals surface area contributed by atoms with E-state index in [0.29, 0.717) is 0 Å². The van der Waals surface area contributed by atoms with Crippen molar-refractivity contribution >= 4 is 0 Å². The van der Waals surface area contributed by atoms with E-state index in [0.717, 1.165) is 13.2 Å². The topological polar surface area (TPSA) is 9.23 Å². The Kier molecular flexibility index (Phi) is 15.5. The molecule has 0 amide bonds. The van der Waals surface area contributed by atoms with Gasteiger partial charge in [-0.25, -0.2) is 12.8 Å². The fourth-order valence-electron chi connectivity index (χ4n) is 0.204. The predicted octanol–water partition coefficient (Wildman–Crippen LogP) is -0.969. The van der Waals surface area contributed by atoms with Gasteiger partial charge < -0.3 is 11.2 Å². The van der Waals surface area contributed by atoms with Gasteiger partial charge in [-0.1, -0.05) is 0 Å². The van der Waals surface area contributed by atoms with Gasteiger partial charge in [-0.2, -0.15) is 0 Å². The van der Waals surface area contributed by atoms with Crippen molar-refractivity contribution in [1.29, 1.82) is 0 Å². The van der Waals surface area contributed by atoms with E-state index in [1.165, 1.54) is 12.8 Å².